The average Bonchev–Trinajstić information content (AvgIpc) is 2.97. The Morgan fingerprint density at radius 2 is 1.80 bits per heavy atom. The normalized spacial score (nSPS) is 13.0. The minimum atomic E-state index is -0.0994. The van der Waals surface area contributed by atoms with Crippen molar-refractivity contribution in [1.29, 1.82) is 0 Å². The molecule has 1 aliphatic rings. The molecule has 0 fully saturated rings. The summed E-state index contributed by atoms with van der Waals surface area (Å²) in [5, 5.41) is 3.89. The van der Waals surface area contributed by atoms with Crippen LogP contribution in [0.15, 0.2) is 41.0 Å². The molecule has 2 aromatic carbocycles. The number of hydrogen-bond donors (Lipinski definition) is 1. The van der Waals surface area contributed by atoms with Gasteiger partial charge in [-0.25, -0.2) is 0 Å². The van der Waals surface area contributed by atoms with Crippen LogP contribution in [-0.2, 0) is 11.2 Å². The third kappa shape index (κ3) is 3.05. The number of aryl methyl sites for hydroxylation is 2. The first-order valence-corrected chi connectivity index (χ1v) is 8.27. The summed E-state index contributed by atoms with van der Waals surface area (Å²) in [6.45, 7) is 5.17. The van der Waals surface area contributed by atoms with E-state index in [4.69, 9.17) is 13.9 Å². The summed E-state index contributed by atoms with van der Waals surface area (Å²) in [5.41, 5.74) is 4.74. The molecular weight excluding hydrogens is 318 g/mol. The largest absolute Gasteiger partial charge is 0.486 e. The lowest BCUT2D eigenvalue weighted by Crippen LogP contribution is -2.17. The molecule has 0 radical (unpaired) electrons. The maximum atomic E-state index is 12.4. The molecule has 1 N–H and O–H groups in total. The molecule has 0 aliphatic carbocycles. The highest BCUT2D eigenvalue weighted by Crippen LogP contribution is 2.32. The number of benzene rings is 2. The lowest BCUT2D eigenvalue weighted by atomic mass is 10.0. The van der Waals surface area contributed by atoms with Crippen molar-refractivity contribution in [2.24, 2.45) is 0 Å². The van der Waals surface area contributed by atoms with Gasteiger partial charge < -0.3 is 19.2 Å². The Labute approximate surface area is 145 Å². The zero-order valence-corrected chi connectivity index (χ0v) is 14.2. The monoisotopic (exact) mass is 337 g/mol. The predicted molar refractivity (Wildman–Crippen MR) is 95.5 cm³/mol. The second kappa shape index (κ2) is 6.16. The molecule has 0 unspecified atom stereocenters. The first-order valence-electron chi connectivity index (χ1n) is 8.27. The average molecular weight is 337 g/mol. The molecule has 128 valence electrons. The van der Waals surface area contributed by atoms with Crippen LogP contribution in [-0.4, -0.2) is 19.1 Å². The van der Waals surface area contributed by atoms with Crippen molar-refractivity contribution in [2.75, 3.05) is 18.5 Å². The Hall–Kier alpha value is -2.95. The van der Waals surface area contributed by atoms with Gasteiger partial charge in [0.1, 0.15) is 18.8 Å². The van der Waals surface area contributed by atoms with E-state index in [0.29, 0.717) is 30.4 Å². The Morgan fingerprint density at radius 3 is 2.64 bits per heavy atom. The van der Waals surface area contributed by atoms with Crippen LogP contribution in [0.5, 0.6) is 11.5 Å². The summed E-state index contributed by atoms with van der Waals surface area (Å²) >= 11 is 0. The van der Waals surface area contributed by atoms with E-state index >= 15 is 0 Å². The van der Waals surface area contributed by atoms with Gasteiger partial charge in [0, 0.05) is 22.7 Å². The summed E-state index contributed by atoms with van der Waals surface area (Å²) in [7, 11) is 0. The van der Waals surface area contributed by atoms with E-state index in [9.17, 15) is 4.79 Å². The minimum Gasteiger partial charge on any atom is -0.486 e. The molecule has 5 heteroatoms. The highest BCUT2D eigenvalue weighted by atomic mass is 16.6. The summed E-state index contributed by atoms with van der Waals surface area (Å²) in [6.07, 6.45) is 1.91. The summed E-state index contributed by atoms with van der Waals surface area (Å²) in [6, 6.07) is 9.48. The van der Waals surface area contributed by atoms with Gasteiger partial charge in [-0.05, 0) is 49.2 Å². The quantitative estimate of drug-likeness (QED) is 0.785. The highest BCUT2D eigenvalue weighted by molar-refractivity contribution is 5.95. The van der Waals surface area contributed by atoms with Gasteiger partial charge in [-0.15, -0.1) is 0 Å². The minimum absolute atomic E-state index is 0.0994. The number of rotatable bonds is 3. The molecular formula is C20H19NO4. The van der Waals surface area contributed by atoms with Crippen LogP contribution in [0.25, 0.3) is 11.0 Å². The molecule has 4 rings (SSSR count). The van der Waals surface area contributed by atoms with Gasteiger partial charge in [0.15, 0.2) is 11.5 Å². The van der Waals surface area contributed by atoms with Crippen LogP contribution in [0.3, 0.4) is 0 Å². The number of nitrogens with one attached hydrogen (secondary N) is 1. The molecule has 0 spiro atoms. The molecule has 0 saturated heterocycles. The Balaban J connectivity index is 1.52. The van der Waals surface area contributed by atoms with E-state index in [1.54, 1.807) is 12.3 Å². The fourth-order valence-corrected chi connectivity index (χ4v) is 2.97. The molecule has 1 amide bonds. The van der Waals surface area contributed by atoms with Crippen molar-refractivity contribution in [1.82, 2.24) is 0 Å². The van der Waals surface area contributed by atoms with Crippen LogP contribution in [0, 0.1) is 13.8 Å². The first-order chi connectivity index (χ1) is 12.1. The maximum Gasteiger partial charge on any atom is 0.228 e. The fraction of sp³-hybridized carbons (Fsp3) is 0.250. The maximum absolute atomic E-state index is 12.4. The number of hydrogen-bond acceptors (Lipinski definition) is 4. The Morgan fingerprint density at radius 1 is 1.04 bits per heavy atom. The molecule has 1 aromatic heterocycles. The van der Waals surface area contributed by atoms with E-state index in [2.05, 4.69) is 18.3 Å². The smallest absolute Gasteiger partial charge is 0.228 e. The number of carbonyl (C=O) groups is 1. The Bertz CT molecular complexity index is 958. The summed E-state index contributed by atoms with van der Waals surface area (Å²) < 4.78 is 16.6. The van der Waals surface area contributed by atoms with Crippen LogP contribution in [0.2, 0.25) is 0 Å². The number of ether oxygens (including phenoxy) is 2. The molecule has 2 heterocycles. The first kappa shape index (κ1) is 15.6. The van der Waals surface area contributed by atoms with Gasteiger partial charge in [-0.2, -0.15) is 0 Å². The summed E-state index contributed by atoms with van der Waals surface area (Å²) in [5.74, 6) is 1.26. The topological polar surface area (TPSA) is 60.7 Å². The third-order valence-electron chi connectivity index (χ3n) is 4.45. The van der Waals surface area contributed by atoms with Crippen LogP contribution in [0.1, 0.15) is 16.7 Å². The van der Waals surface area contributed by atoms with Crippen molar-refractivity contribution < 1.29 is 18.7 Å². The second-order valence-electron chi connectivity index (χ2n) is 6.28. The highest BCUT2D eigenvalue weighted by Gasteiger charge is 2.15. The van der Waals surface area contributed by atoms with Crippen molar-refractivity contribution in [3.63, 3.8) is 0 Å². The van der Waals surface area contributed by atoms with E-state index in [1.807, 2.05) is 25.1 Å². The van der Waals surface area contributed by atoms with Crippen molar-refractivity contribution in [2.45, 2.75) is 20.3 Å². The van der Waals surface area contributed by atoms with Crippen molar-refractivity contribution in [3.8, 4) is 11.5 Å². The van der Waals surface area contributed by atoms with E-state index in [1.165, 1.54) is 11.1 Å². The van der Waals surface area contributed by atoms with Crippen LogP contribution < -0.4 is 14.8 Å². The predicted octanol–water partition coefficient (Wildman–Crippen LogP) is 4.00. The van der Waals surface area contributed by atoms with Gasteiger partial charge in [0.25, 0.3) is 0 Å². The van der Waals surface area contributed by atoms with Crippen molar-refractivity contribution in [3.05, 3.63) is 53.3 Å². The molecule has 0 bridgehead atoms. The zero-order chi connectivity index (χ0) is 17.4. The van der Waals surface area contributed by atoms with Gasteiger partial charge in [0.2, 0.25) is 5.91 Å². The molecule has 5 nitrogen and oxygen atoms in total. The van der Waals surface area contributed by atoms with Crippen molar-refractivity contribution >= 4 is 22.6 Å². The number of anilines is 1. The zero-order valence-electron chi connectivity index (χ0n) is 14.2. The molecule has 0 saturated carbocycles. The van der Waals surface area contributed by atoms with Gasteiger partial charge >= 0.3 is 0 Å². The van der Waals surface area contributed by atoms with E-state index in [-0.39, 0.29) is 12.3 Å². The van der Waals surface area contributed by atoms with Gasteiger partial charge in [0.05, 0.1) is 12.7 Å². The fourth-order valence-electron chi connectivity index (χ4n) is 2.97. The Kier molecular flexibility index (Phi) is 3.84. The standard InChI is InChI=1S/C20H19NO4/c1-12-7-16-14(11-25-18(16)8-13(12)2)9-20(22)21-15-3-4-17-19(10-15)24-6-5-23-17/h3-4,7-8,10-11H,5-6,9H2,1-2H3,(H,21,22). The molecule has 1 aliphatic heterocycles. The van der Waals surface area contributed by atoms with Gasteiger partial charge in [-0.1, -0.05) is 0 Å². The van der Waals surface area contributed by atoms with Crippen LogP contribution >= 0.6 is 0 Å². The molecule has 3 aromatic rings. The summed E-state index contributed by atoms with van der Waals surface area (Å²) in [4.78, 5) is 12.4. The van der Waals surface area contributed by atoms with E-state index < -0.39 is 0 Å². The number of amides is 1. The SMILES string of the molecule is Cc1cc2occ(CC(=O)Nc3ccc4c(c3)OCCO4)c2cc1C. The second-order valence-corrected chi connectivity index (χ2v) is 6.28. The number of fused-ring (bicyclic) bond motifs is 2. The number of furan rings is 1. The van der Waals surface area contributed by atoms with E-state index in [0.717, 1.165) is 16.5 Å². The third-order valence-corrected chi connectivity index (χ3v) is 4.45. The molecule has 0 atom stereocenters. The van der Waals surface area contributed by atoms with Crippen LogP contribution in [0.4, 0.5) is 5.69 Å². The number of carbonyl (C=O) groups excluding carboxylic acids is 1. The van der Waals surface area contributed by atoms with Gasteiger partial charge in [-0.3, -0.25) is 4.79 Å². The molecule has 25 heavy (non-hydrogen) atoms. The lowest BCUT2D eigenvalue weighted by Gasteiger charge is -2.19. The lowest BCUT2D eigenvalue weighted by molar-refractivity contribution is -0.115.